The van der Waals surface area contributed by atoms with Crippen LogP contribution < -0.4 is 29.9 Å². The number of nitrogens with zero attached hydrogens (tertiary/aromatic N) is 2. The van der Waals surface area contributed by atoms with Gasteiger partial charge < -0.3 is 34.6 Å². The van der Waals surface area contributed by atoms with Crippen LogP contribution in [0.1, 0.15) is 33.6 Å². The number of amides is 2. The number of methoxy groups -OCH3 is 2. The maximum absolute atomic E-state index is 13.5. The lowest BCUT2D eigenvalue weighted by molar-refractivity contribution is 0.0858. The molecule has 0 saturated carbocycles. The zero-order chi connectivity index (χ0) is 27.9. The Morgan fingerprint density at radius 2 is 1.65 bits per heavy atom. The SMILES string of the molecule is COc1cccc(C(=O)Nc2ccc(N3CCN(c4ccccc4OC)CC3)c(C(=O)NCC3CCCO3)c2)c1. The molecular formula is C31H36N4O5. The van der Waals surface area contributed by atoms with Gasteiger partial charge in [0.25, 0.3) is 11.8 Å². The summed E-state index contributed by atoms with van der Waals surface area (Å²) >= 11 is 0. The predicted octanol–water partition coefficient (Wildman–Crippen LogP) is 4.19. The second-order valence-corrected chi connectivity index (χ2v) is 9.91. The first-order valence-corrected chi connectivity index (χ1v) is 13.7. The van der Waals surface area contributed by atoms with Crippen molar-refractivity contribution in [3.8, 4) is 11.5 Å². The largest absolute Gasteiger partial charge is 0.497 e. The summed E-state index contributed by atoms with van der Waals surface area (Å²) < 4.78 is 16.5. The van der Waals surface area contributed by atoms with Gasteiger partial charge in [0.2, 0.25) is 0 Å². The summed E-state index contributed by atoms with van der Waals surface area (Å²) in [5.74, 6) is 0.990. The fourth-order valence-electron chi connectivity index (χ4n) is 5.23. The van der Waals surface area contributed by atoms with E-state index in [0.717, 1.165) is 62.8 Å². The number of hydrogen-bond donors (Lipinski definition) is 2. The van der Waals surface area contributed by atoms with E-state index in [-0.39, 0.29) is 17.9 Å². The molecule has 0 bridgehead atoms. The van der Waals surface area contributed by atoms with Gasteiger partial charge in [-0.15, -0.1) is 0 Å². The van der Waals surface area contributed by atoms with Crippen molar-refractivity contribution < 1.29 is 23.8 Å². The molecule has 0 spiro atoms. The van der Waals surface area contributed by atoms with Crippen LogP contribution >= 0.6 is 0 Å². The van der Waals surface area contributed by atoms with Gasteiger partial charge in [-0.25, -0.2) is 0 Å². The van der Waals surface area contributed by atoms with Gasteiger partial charge in [0, 0.05) is 56.3 Å². The molecule has 1 atom stereocenters. The van der Waals surface area contributed by atoms with E-state index in [1.165, 1.54) is 0 Å². The molecule has 9 nitrogen and oxygen atoms in total. The average Bonchev–Trinajstić information content (AvgIpc) is 3.54. The number of nitrogens with one attached hydrogen (secondary N) is 2. The molecule has 210 valence electrons. The third-order valence-corrected chi connectivity index (χ3v) is 7.39. The van der Waals surface area contributed by atoms with Gasteiger partial charge in [-0.3, -0.25) is 9.59 Å². The van der Waals surface area contributed by atoms with Gasteiger partial charge >= 0.3 is 0 Å². The van der Waals surface area contributed by atoms with Crippen LogP contribution in [0.5, 0.6) is 11.5 Å². The Morgan fingerprint density at radius 3 is 2.38 bits per heavy atom. The van der Waals surface area contributed by atoms with E-state index in [4.69, 9.17) is 14.2 Å². The molecule has 40 heavy (non-hydrogen) atoms. The van der Waals surface area contributed by atoms with E-state index in [1.807, 2.05) is 30.3 Å². The maximum atomic E-state index is 13.5. The summed E-state index contributed by atoms with van der Waals surface area (Å²) in [5.41, 5.74) is 3.44. The zero-order valence-electron chi connectivity index (χ0n) is 23.0. The Bertz CT molecular complexity index is 1330. The Hall–Kier alpha value is -4.24. The lowest BCUT2D eigenvalue weighted by Gasteiger charge is -2.38. The summed E-state index contributed by atoms with van der Waals surface area (Å²) in [4.78, 5) is 31.0. The monoisotopic (exact) mass is 544 g/mol. The van der Waals surface area contributed by atoms with Gasteiger partial charge in [0.15, 0.2) is 0 Å². The van der Waals surface area contributed by atoms with Gasteiger partial charge in [0.1, 0.15) is 11.5 Å². The molecule has 1 unspecified atom stereocenters. The number of anilines is 3. The van der Waals surface area contributed by atoms with E-state index in [1.54, 1.807) is 44.6 Å². The van der Waals surface area contributed by atoms with E-state index in [0.29, 0.717) is 29.1 Å². The zero-order valence-corrected chi connectivity index (χ0v) is 23.0. The predicted molar refractivity (Wildman–Crippen MR) is 156 cm³/mol. The van der Waals surface area contributed by atoms with Crippen LogP contribution in [0, 0.1) is 0 Å². The Balaban J connectivity index is 1.34. The highest BCUT2D eigenvalue weighted by Gasteiger charge is 2.25. The highest BCUT2D eigenvalue weighted by molar-refractivity contribution is 6.06. The van der Waals surface area contributed by atoms with Gasteiger partial charge in [-0.2, -0.15) is 0 Å². The highest BCUT2D eigenvalue weighted by Crippen LogP contribution is 2.31. The molecule has 0 aromatic heterocycles. The molecule has 2 aliphatic rings. The van der Waals surface area contributed by atoms with Crippen LogP contribution in [0.15, 0.2) is 66.7 Å². The summed E-state index contributed by atoms with van der Waals surface area (Å²) in [6.07, 6.45) is 1.98. The Kier molecular flexibility index (Phi) is 8.71. The van der Waals surface area contributed by atoms with E-state index in [9.17, 15) is 9.59 Å². The van der Waals surface area contributed by atoms with Gasteiger partial charge in [-0.1, -0.05) is 18.2 Å². The highest BCUT2D eigenvalue weighted by atomic mass is 16.5. The minimum absolute atomic E-state index is 0.0349. The van der Waals surface area contributed by atoms with Gasteiger partial charge in [-0.05, 0) is 61.4 Å². The first-order chi connectivity index (χ1) is 19.6. The van der Waals surface area contributed by atoms with Crippen molar-refractivity contribution in [3.05, 3.63) is 77.9 Å². The number of piperazine rings is 1. The number of para-hydroxylation sites is 2. The molecule has 5 rings (SSSR count). The molecule has 0 radical (unpaired) electrons. The number of ether oxygens (including phenoxy) is 3. The quantitative estimate of drug-likeness (QED) is 0.417. The van der Waals surface area contributed by atoms with Crippen LogP contribution in [-0.4, -0.2) is 71.5 Å². The molecule has 9 heteroatoms. The molecule has 3 aromatic carbocycles. The fourth-order valence-corrected chi connectivity index (χ4v) is 5.23. The van der Waals surface area contributed by atoms with E-state index < -0.39 is 0 Å². The molecule has 2 amide bonds. The van der Waals surface area contributed by atoms with Crippen molar-refractivity contribution in [2.45, 2.75) is 18.9 Å². The molecule has 2 aliphatic heterocycles. The first-order valence-electron chi connectivity index (χ1n) is 13.7. The van der Waals surface area contributed by atoms with Crippen molar-refractivity contribution in [1.82, 2.24) is 5.32 Å². The van der Waals surface area contributed by atoms with Crippen LogP contribution in [0.2, 0.25) is 0 Å². The molecule has 0 aliphatic carbocycles. The summed E-state index contributed by atoms with van der Waals surface area (Å²) in [7, 11) is 3.25. The van der Waals surface area contributed by atoms with E-state index >= 15 is 0 Å². The summed E-state index contributed by atoms with van der Waals surface area (Å²) in [6.45, 7) is 4.23. The second kappa shape index (κ2) is 12.7. The van der Waals surface area contributed by atoms with Crippen LogP contribution in [0.25, 0.3) is 0 Å². The van der Waals surface area contributed by atoms with Crippen molar-refractivity contribution >= 4 is 28.9 Å². The van der Waals surface area contributed by atoms with Crippen molar-refractivity contribution in [2.24, 2.45) is 0 Å². The van der Waals surface area contributed by atoms with Crippen LogP contribution in [0.3, 0.4) is 0 Å². The van der Waals surface area contributed by atoms with Crippen molar-refractivity contribution in [2.75, 3.05) is 68.7 Å². The minimum Gasteiger partial charge on any atom is -0.497 e. The number of carbonyl (C=O) groups excluding carboxylic acids is 2. The molecule has 2 fully saturated rings. The average molecular weight is 545 g/mol. The molecule has 2 heterocycles. The Morgan fingerprint density at radius 1 is 0.875 bits per heavy atom. The number of benzene rings is 3. The summed E-state index contributed by atoms with van der Waals surface area (Å²) in [6, 6.07) is 20.5. The van der Waals surface area contributed by atoms with E-state index in [2.05, 4.69) is 26.5 Å². The maximum Gasteiger partial charge on any atom is 0.255 e. The first kappa shape index (κ1) is 27.3. The number of carbonyl (C=O) groups is 2. The molecule has 2 N–H and O–H groups in total. The topological polar surface area (TPSA) is 92.4 Å². The number of rotatable bonds is 9. The fraction of sp³-hybridized carbons (Fsp3) is 0.355. The van der Waals surface area contributed by atoms with Crippen molar-refractivity contribution in [3.63, 3.8) is 0 Å². The van der Waals surface area contributed by atoms with Crippen LogP contribution in [0.4, 0.5) is 17.1 Å². The molecule has 2 saturated heterocycles. The second-order valence-electron chi connectivity index (χ2n) is 9.91. The number of hydrogen-bond acceptors (Lipinski definition) is 7. The third-order valence-electron chi connectivity index (χ3n) is 7.39. The third kappa shape index (κ3) is 6.31. The molecule has 3 aromatic rings. The smallest absolute Gasteiger partial charge is 0.255 e. The lowest BCUT2D eigenvalue weighted by atomic mass is 10.1. The Labute approximate surface area is 235 Å². The summed E-state index contributed by atoms with van der Waals surface area (Å²) in [5, 5.41) is 5.98. The normalized spacial score (nSPS) is 16.9. The van der Waals surface area contributed by atoms with Gasteiger partial charge in [0.05, 0.1) is 31.6 Å². The van der Waals surface area contributed by atoms with Crippen molar-refractivity contribution in [1.29, 1.82) is 0 Å². The molecular weight excluding hydrogens is 508 g/mol. The van der Waals surface area contributed by atoms with Crippen LogP contribution in [-0.2, 0) is 4.74 Å². The lowest BCUT2D eigenvalue weighted by Crippen LogP contribution is -2.47. The minimum atomic E-state index is -0.275. The standard InChI is InChI=1S/C31H36N4O5/c1-38-24-8-5-7-22(19-24)30(36)33-23-12-13-27(26(20-23)31(37)32-21-25-9-6-18-40-25)34-14-16-35(17-15-34)28-10-3-4-11-29(28)39-2/h3-5,7-8,10-13,19-20,25H,6,9,14-18,21H2,1-2H3,(H,32,37)(H,33,36).